The summed E-state index contributed by atoms with van der Waals surface area (Å²) >= 11 is 0. The van der Waals surface area contributed by atoms with Gasteiger partial charge in [0.2, 0.25) is 0 Å². The van der Waals surface area contributed by atoms with Crippen LogP contribution in [0, 0.1) is 5.92 Å². The molecule has 2 aromatic rings. The Morgan fingerprint density at radius 1 is 1.23 bits per heavy atom. The van der Waals surface area contributed by atoms with E-state index in [1.807, 2.05) is 42.5 Å². The van der Waals surface area contributed by atoms with Gasteiger partial charge >= 0.3 is 0 Å². The number of phenolic OH excluding ortho intramolecular Hbond substituents is 1. The van der Waals surface area contributed by atoms with Crippen molar-refractivity contribution < 1.29 is 9.90 Å². The Labute approximate surface area is 155 Å². The molecule has 3 rings (SSSR count). The van der Waals surface area contributed by atoms with E-state index in [1.54, 1.807) is 6.07 Å². The van der Waals surface area contributed by atoms with Gasteiger partial charge in [-0.25, -0.2) is 0 Å². The normalized spacial score (nSPS) is 23.5. The summed E-state index contributed by atoms with van der Waals surface area (Å²) in [5.41, 5.74) is 2.19. The molecule has 0 spiro atoms. The fourth-order valence-electron chi connectivity index (χ4n) is 3.81. The van der Waals surface area contributed by atoms with Crippen LogP contribution in [0.15, 0.2) is 54.6 Å². The van der Waals surface area contributed by atoms with Crippen molar-refractivity contribution in [1.29, 1.82) is 0 Å². The van der Waals surface area contributed by atoms with Gasteiger partial charge in [-0.3, -0.25) is 9.69 Å². The Balaban J connectivity index is 1.54. The number of nitrogens with one attached hydrogen (secondary N) is 1. The number of aromatic hydroxyl groups is 1. The summed E-state index contributed by atoms with van der Waals surface area (Å²) in [6, 6.07) is 17.4. The molecule has 0 amide bonds. The van der Waals surface area contributed by atoms with E-state index in [-0.39, 0.29) is 11.2 Å². The van der Waals surface area contributed by atoms with Crippen molar-refractivity contribution in [3.63, 3.8) is 0 Å². The topological polar surface area (TPSA) is 52.6 Å². The van der Waals surface area contributed by atoms with Crippen molar-refractivity contribution in [3.8, 4) is 5.75 Å². The fourth-order valence-corrected chi connectivity index (χ4v) is 3.81. The van der Waals surface area contributed by atoms with E-state index in [4.69, 9.17) is 0 Å². The first-order valence-electron chi connectivity index (χ1n) is 9.30. The highest BCUT2D eigenvalue weighted by molar-refractivity contribution is 5.84. The molecular formula is C22H28N2O2. The molecule has 0 aliphatic carbocycles. The predicted octanol–water partition coefficient (Wildman–Crippen LogP) is 3.67. The van der Waals surface area contributed by atoms with Gasteiger partial charge in [0.15, 0.2) is 5.78 Å². The van der Waals surface area contributed by atoms with E-state index in [9.17, 15) is 9.90 Å². The fraction of sp³-hybridized carbons (Fsp3) is 0.409. The van der Waals surface area contributed by atoms with Gasteiger partial charge in [0.05, 0.1) is 13.1 Å². The van der Waals surface area contributed by atoms with Crippen LogP contribution in [-0.2, 0) is 10.2 Å². The van der Waals surface area contributed by atoms with Gasteiger partial charge in [0.25, 0.3) is 0 Å². The van der Waals surface area contributed by atoms with E-state index in [0.717, 1.165) is 25.2 Å². The quantitative estimate of drug-likeness (QED) is 0.833. The maximum Gasteiger partial charge on any atom is 0.165 e. The van der Waals surface area contributed by atoms with E-state index in [2.05, 4.69) is 30.1 Å². The number of ketones is 1. The number of carbonyl (C=O) groups is 1. The first-order valence-corrected chi connectivity index (χ1v) is 9.30. The first-order chi connectivity index (χ1) is 12.5. The molecule has 138 valence electrons. The van der Waals surface area contributed by atoms with Crippen molar-refractivity contribution in [2.24, 2.45) is 5.92 Å². The largest absolute Gasteiger partial charge is 0.508 e. The molecule has 0 bridgehead atoms. The zero-order chi connectivity index (χ0) is 18.6. The van der Waals surface area contributed by atoms with Crippen LogP contribution in [-0.4, -0.2) is 42.0 Å². The second-order valence-corrected chi connectivity index (χ2v) is 7.61. The number of Topliss-reactive ketones (excluding diaryl/α,β-unsaturated/α-hetero) is 1. The first kappa shape index (κ1) is 18.5. The number of para-hydroxylation sites is 1. The summed E-state index contributed by atoms with van der Waals surface area (Å²) in [5, 5.41) is 13.0. The number of carbonyl (C=O) groups excluding carboxylic acids is 1. The molecule has 4 nitrogen and oxygen atoms in total. The third-order valence-corrected chi connectivity index (χ3v) is 5.74. The van der Waals surface area contributed by atoms with Crippen molar-refractivity contribution in [1.82, 2.24) is 4.90 Å². The molecule has 1 heterocycles. The summed E-state index contributed by atoms with van der Waals surface area (Å²) in [6.45, 7) is 7.14. The summed E-state index contributed by atoms with van der Waals surface area (Å²) in [7, 11) is 0. The molecule has 0 saturated carbocycles. The predicted molar refractivity (Wildman–Crippen MR) is 106 cm³/mol. The molecule has 1 aliphatic rings. The molecule has 0 unspecified atom stereocenters. The highest BCUT2D eigenvalue weighted by Gasteiger charge is 2.38. The summed E-state index contributed by atoms with van der Waals surface area (Å²) < 4.78 is 0. The second-order valence-electron chi connectivity index (χ2n) is 7.61. The molecule has 1 fully saturated rings. The van der Waals surface area contributed by atoms with E-state index >= 15 is 0 Å². The summed E-state index contributed by atoms with van der Waals surface area (Å²) in [6.07, 6.45) is 0.983. The van der Waals surface area contributed by atoms with E-state index in [0.29, 0.717) is 24.8 Å². The van der Waals surface area contributed by atoms with Gasteiger partial charge in [-0.05, 0) is 54.1 Å². The number of nitrogens with zero attached hydrogens (tertiary/aromatic N) is 1. The average molecular weight is 352 g/mol. The number of likely N-dealkylation sites (tertiary alicyclic amines) is 1. The van der Waals surface area contributed by atoms with Gasteiger partial charge < -0.3 is 10.4 Å². The molecule has 2 N–H and O–H groups in total. The summed E-state index contributed by atoms with van der Waals surface area (Å²) in [5.74, 6) is 0.940. The molecule has 26 heavy (non-hydrogen) atoms. The highest BCUT2D eigenvalue weighted by atomic mass is 16.3. The molecule has 2 aromatic carbocycles. The van der Waals surface area contributed by atoms with Crippen LogP contribution in [0.1, 0.15) is 25.8 Å². The number of phenols is 1. The molecule has 0 aromatic heterocycles. The lowest BCUT2D eigenvalue weighted by Gasteiger charge is -2.45. The number of hydrogen-bond donors (Lipinski definition) is 2. The van der Waals surface area contributed by atoms with Crippen molar-refractivity contribution in [2.75, 3.05) is 31.5 Å². The lowest BCUT2D eigenvalue weighted by molar-refractivity contribution is -0.119. The minimum atomic E-state index is 0.0283. The van der Waals surface area contributed by atoms with Gasteiger partial charge in [-0.1, -0.05) is 44.2 Å². The van der Waals surface area contributed by atoms with Crippen LogP contribution < -0.4 is 5.32 Å². The third-order valence-electron chi connectivity index (χ3n) is 5.74. The SMILES string of the molecule is C[C@H]1CN(CC(=O)CNc2ccccc2)CC[C@]1(C)c1cccc(O)c1. The van der Waals surface area contributed by atoms with Gasteiger partial charge in [0, 0.05) is 12.2 Å². The van der Waals surface area contributed by atoms with Crippen LogP contribution in [0.25, 0.3) is 0 Å². The zero-order valence-corrected chi connectivity index (χ0v) is 15.6. The monoisotopic (exact) mass is 352 g/mol. The molecule has 0 radical (unpaired) electrons. The van der Waals surface area contributed by atoms with Gasteiger partial charge in [-0.2, -0.15) is 0 Å². The number of benzene rings is 2. The van der Waals surface area contributed by atoms with E-state index < -0.39 is 0 Å². The Morgan fingerprint density at radius 2 is 2.00 bits per heavy atom. The smallest absolute Gasteiger partial charge is 0.165 e. The van der Waals surface area contributed by atoms with Crippen LogP contribution in [0.3, 0.4) is 0 Å². The number of piperidine rings is 1. The maximum absolute atomic E-state index is 12.3. The number of rotatable bonds is 6. The lowest BCUT2D eigenvalue weighted by Crippen LogP contribution is -2.49. The van der Waals surface area contributed by atoms with Crippen LogP contribution in [0.4, 0.5) is 5.69 Å². The average Bonchev–Trinajstić information content (AvgIpc) is 2.64. The number of hydrogen-bond acceptors (Lipinski definition) is 4. The third kappa shape index (κ3) is 4.25. The minimum Gasteiger partial charge on any atom is -0.508 e. The molecule has 1 saturated heterocycles. The summed E-state index contributed by atoms with van der Waals surface area (Å²) in [4.78, 5) is 14.6. The minimum absolute atomic E-state index is 0.0283. The van der Waals surface area contributed by atoms with E-state index in [1.165, 1.54) is 5.56 Å². The van der Waals surface area contributed by atoms with Crippen LogP contribution in [0.2, 0.25) is 0 Å². The van der Waals surface area contributed by atoms with Gasteiger partial charge in [0.1, 0.15) is 5.75 Å². The highest BCUT2D eigenvalue weighted by Crippen LogP contribution is 2.40. The van der Waals surface area contributed by atoms with Crippen molar-refractivity contribution >= 4 is 11.5 Å². The maximum atomic E-state index is 12.3. The molecule has 4 heteroatoms. The number of anilines is 1. The Morgan fingerprint density at radius 3 is 2.69 bits per heavy atom. The van der Waals surface area contributed by atoms with Crippen molar-refractivity contribution in [3.05, 3.63) is 60.2 Å². The zero-order valence-electron chi connectivity index (χ0n) is 15.6. The second kappa shape index (κ2) is 7.92. The Bertz CT molecular complexity index is 747. The molecular weight excluding hydrogens is 324 g/mol. The standard InChI is InChI=1S/C22H28N2O2/c1-17-15-24(16-21(26)14-23-19-8-4-3-5-9-19)12-11-22(17,2)18-7-6-10-20(25)13-18/h3-10,13,17,23,25H,11-12,14-16H2,1-2H3/t17-,22-/m0/s1. The Hall–Kier alpha value is -2.33. The van der Waals surface area contributed by atoms with Crippen LogP contribution >= 0.6 is 0 Å². The molecule has 2 atom stereocenters. The lowest BCUT2D eigenvalue weighted by atomic mass is 9.68. The Kier molecular flexibility index (Phi) is 5.62. The van der Waals surface area contributed by atoms with Crippen LogP contribution in [0.5, 0.6) is 5.75 Å². The molecule has 1 aliphatic heterocycles. The van der Waals surface area contributed by atoms with Crippen molar-refractivity contribution in [2.45, 2.75) is 25.7 Å². The van der Waals surface area contributed by atoms with Gasteiger partial charge in [-0.15, -0.1) is 0 Å².